The minimum Gasteiger partial charge on any atom is -0.465 e. The van der Waals surface area contributed by atoms with E-state index in [4.69, 9.17) is 4.42 Å². The summed E-state index contributed by atoms with van der Waals surface area (Å²) in [4.78, 5) is 27.9. The van der Waals surface area contributed by atoms with Gasteiger partial charge in [0.15, 0.2) is 0 Å². The minimum atomic E-state index is -0.477. The standard InChI is InChI=1S/C18H16N2O4/c1-3-19-13-6-4-11-8-14(18(22)24-16(11)9-13)15-7-5-12(10-20-15)17(21)23-2/h4-10,19H,3H2,1-2H3. The van der Waals surface area contributed by atoms with Crippen molar-refractivity contribution < 1.29 is 13.9 Å². The lowest BCUT2D eigenvalue weighted by Crippen LogP contribution is -2.06. The Morgan fingerprint density at radius 3 is 2.75 bits per heavy atom. The van der Waals surface area contributed by atoms with Crippen LogP contribution in [0.25, 0.3) is 22.2 Å². The SMILES string of the molecule is CCNc1ccc2cc(-c3ccc(C(=O)OC)cn3)c(=O)oc2c1. The molecular formula is C18H16N2O4. The largest absolute Gasteiger partial charge is 0.465 e. The molecule has 3 rings (SSSR count). The fraction of sp³-hybridized carbons (Fsp3) is 0.167. The van der Waals surface area contributed by atoms with E-state index >= 15 is 0 Å². The number of fused-ring (bicyclic) bond motifs is 1. The maximum atomic E-state index is 12.3. The molecule has 0 bridgehead atoms. The van der Waals surface area contributed by atoms with Crippen molar-refractivity contribution in [1.29, 1.82) is 0 Å². The molecule has 1 aromatic carbocycles. The summed E-state index contributed by atoms with van der Waals surface area (Å²) in [5.41, 5.74) is 2.02. The first-order chi connectivity index (χ1) is 11.6. The summed E-state index contributed by atoms with van der Waals surface area (Å²) in [7, 11) is 1.30. The van der Waals surface area contributed by atoms with Crippen molar-refractivity contribution in [1.82, 2.24) is 4.98 Å². The zero-order valence-electron chi connectivity index (χ0n) is 13.3. The van der Waals surface area contributed by atoms with E-state index in [1.807, 2.05) is 19.1 Å². The van der Waals surface area contributed by atoms with Crippen molar-refractivity contribution in [3.8, 4) is 11.3 Å². The van der Waals surface area contributed by atoms with Gasteiger partial charge in [-0.3, -0.25) is 4.98 Å². The van der Waals surface area contributed by atoms with Gasteiger partial charge in [-0.15, -0.1) is 0 Å². The topological polar surface area (TPSA) is 81.4 Å². The van der Waals surface area contributed by atoms with E-state index in [1.165, 1.54) is 13.3 Å². The molecule has 0 spiro atoms. The lowest BCUT2D eigenvalue weighted by Gasteiger charge is -2.06. The van der Waals surface area contributed by atoms with Gasteiger partial charge in [0, 0.05) is 29.9 Å². The molecule has 122 valence electrons. The monoisotopic (exact) mass is 324 g/mol. The van der Waals surface area contributed by atoms with Crippen LogP contribution in [0.3, 0.4) is 0 Å². The quantitative estimate of drug-likeness (QED) is 0.587. The van der Waals surface area contributed by atoms with Gasteiger partial charge in [0.05, 0.1) is 23.9 Å². The molecule has 2 aromatic heterocycles. The van der Waals surface area contributed by atoms with Crippen LogP contribution in [0.2, 0.25) is 0 Å². The summed E-state index contributed by atoms with van der Waals surface area (Å²) in [5.74, 6) is -0.476. The van der Waals surface area contributed by atoms with Crippen LogP contribution in [-0.4, -0.2) is 24.6 Å². The Morgan fingerprint density at radius 2 is 2.08 bits per heavy atom. The second kappa shape index (κ2) is 6.54. The number of aromatic nitrogens is 1. The number of esters is 1. The number of ether oxygens (including phenoxy) is 1. The Kier molecular flexibility index (Phi) is 4.29. The first kappa shape index (κ1) is 15.7. The molecule has 2 heterocycles. The highest BCUT2D eigenvalue weighted by Crippen LogP contribution is 2.22. The van der Waals surface area contributed by atoms with E-state index in [9.17, 15) is 9.59 Å². The summed E-state index contributed by atoms with van der Waals surface area (Å²) in [6.45, 7) is 2.78. The Balaban J connectivity index is 2.03. The predicted molar refractivity (Wildman–Crippen MR) is 91.2 cm³/mol. The molecule has 6 nitrogen and oxygen atoms in total. The van der Waals surface area contributed by atoms with E-state index in [0.717, 1.165) is 17.6 Å². The van der Waals surface area contributed by atoms with Gasteiger partial charge in [-0.2, -0.15) is 0 Å². The van der Waals surface area contributed by atoms with Gasteiger partial charge in [0.2, 0.25) is 0 Å². The van der Waals surface area contributed by atoms with E-state index < -0.39 is 11.6 Å². The molecule has 0 unspecified atom stereocenters. The van der Waals surface area contributed by atoms with Crippen molar-refractivity contribution in [2.75, 3.05) is 19.0 Å². The van der Waals surface area contributed by atoms with Crippen molar-refractivity contribution >= 4 is 22.6 Å². The van der Waals surface area contributed by atoms with Crippen molar-refractivity contribution in [2.45, 2.75) is 6.92 Å². The molecule has 6 heteroatoms. The highest BCUT2D eigenvalue weighted by atomic mass is 16.5. The van der Waals surface area contributed by atoms with E-state index in [-0.39, 0.29) is 0 Å². The number of carbonyl (C=O) groups is 1. The highest BCUT2D eigenvalue weighted by molar-refractivity contribution is 5.89. The highest BCUT2D eigenvalue weighted by Gasteiger charge is 2.11. The second-order valence-corrected chi connectivity index (χ2v) is 5.15. The number of nitrogens with zero attached hydrogens (tertiary/aromatic N) is 1. The number of benzene rings is 1. The van der Waals surface area contributed by atoms with Gasteiger partial charge in [0.1, 0.15) is 5.58 Å². The van der Waals surface area contributed by atoms with Crippen LogP contribution < -0.4 is 10.9 Å². The first-order valence-electron chi connectivity index (χ1n) is 7.49. The van der Waals surface area contributed by atoms with Crippen LogP contribution >= 0.6 is 0 Å². The number of methoxy groups -OCH3 is 1. The fourth-order valence-electron chi connectivity index (χ4n) is 2.40. The molecule has 0 aliphatic carbocycles. The molecule has 24 heavy (non-hydrogen) atoms. The Labute approximate surface area is 138 Å². The lowest BCUT2D eigenvalue weighted by atomic mass is 10.1. The maximum Gasteiger partial charge on any atom is 0.345 e. The third-order valence-electron chi connectivity index (χ3n) is 3.58. The van der Waals surface area contributed by atoms with Crippen LogP contribution in [0.15, 0.2) is 51.8 Å². The van der Waals surface area contributed by atoms with Gasteiger partial charge >= 0.3 is 11.6 Å². The van der Waals surface area contributed by atoms with Gasteiger partial charge in [-0.1, -0.05) is 0 Å². The third kappa shape index (κ3) is 2.99. The number of hydrogen-bond acceptors (Lipinski definition) is 6. The van der Waals surface area contributed by atoms with Crippen LogP contribution in [0.4, 0.5) is 5.69 Å². The lowest BCUT2D eigenvalue weighted by molar-refractivity contribution is 0.0600. The minimum absolute atomic E-state index is 0.321. The number of carbonyl (C=O) groups excluding carboxylic acids is 1. The maximum absolute atomic E-state index is 12.3. The van der Waals surface area contributed by atoms with E-state index in [2.05, 4.69) is 15.0 Å². The van der Waals surface area contributed by atoms with Gasteiger partial charge < -0.3 is 14.5 Å². The molecule has 0 saturated carbocycles. The summed E-state index contributed by atoms with van der Waals surface area (Å²) in [5, 5.41) is 3.97. The molecule has 1 N–H and O–H groups in total. The summed E-state index contributed by atoms with van der Waals surface area (Å²) < 4.78 is 10.0. The van der Waals surface area contributed by atoms with Crippen LogP contribution in [0, 0.1) is 0 Å². The zero-order chi connectivity index (χ0) is 17.1. The van der Waals surface area contributed by atoms with Crippen molar-refractivity contribution in [3.05, 3.63) is 58.6 Å². The number of nitrogens with one attached hydrogen (secondary N) is 1. The Morgan fingerprint density at radius 1 is 1.25 bits per heavy atom. The molecule has 0 aliphatic rings. The zero-order valence-corrected chi connectivity index (χ0v) is 13.3. The smallest absolute Gasteiger partial charge is 0.345 e. The number of pyridine rings is 1. The Hall–Kier alpha value is -3.15. The van der Waals surface area contributed by atoms with Crippen molar-refractivity contribution in [2.24, 2.45) is 0 Å². The van der Waals surface area contributed by atoms with Gasteiger partial charge in [-0.25, -0.2) is 9.59 Å². The summed E-state index contributed by atoms with van der Waals surface area (Å²) in [6, 6.07) is 10.5. The molecule has 0 atom stereocenters. The third-order valence-corrected chi connectivity index (χ3v) is 3.58. The average Bonchev–Trinajstić information content (AvgIpc) is 2.61. The molecule has 0 saturated heterocycles. The van der Waals surface area contributed by atoms with Gasteiger partial charge in [-0.05, 0) is 37.3 Å². The van der Waals surface area contributed by atoms with Crippen LogP contribution in [-0.2, 0) is 4.74 Å². The first-order valence-corrected chi connectivity index (χ1v) is 7.49. The summed E-state index contributed by atoms with van der Waals surface area (Å²) >= 11 is 0. The molecule has 0 fully saturated rings. The summed E-state index contributed by atoms with van der Waals surface area (Å²) in [6.07, 6.45) is 1.37. The molecule has 3 aromatic rings. The van der Waals surface area contributed by atoms with Crippen LogP contribution in [0.1, 0.15) is 17.3 Å². The Bertz CT molecular complexity index is 945. The predicted octanol–water partition coefficient (Wildman–Crippen LogP) is 3.07. The number of rotatable bonds is 4. The molecule has 0 aliphatic heterocycles. The van der Waals surface area contributed by atoms with Crippen LogP contribution in [0.5, 0.6) is 0 Å². The normalized spacial score (nSPS) is 10.6. The van der Waals surface area contributed by atoms with E-state index in [1.54, 1.807) is 24.3 Å². The fourth-order valence-corrected chi connectivity index (χ4v) is 2.40. The molecule has 0 radical (unpaired) electrons. The van der Waals surface area contributed by atoms with Crippen molar-refractivity contribution in [3.63, 3.8) is 0 Å². The average molecular weight is 324 g/mol. The number of hydrogen-bond donors (Lipinski definition) is 1. The van der Waals surface area contributed by atoms with E-state index in [0.29, 0.717) is 22.4 Å². The molecule has 0 amide bonds. The second-order valence-electron chi connectivity index (χ2n) is 5.15. The number of anilines is 1. The molecular weight excluding hydrogens is 308 g/mol. The van der Waals surface area contributed by atoms with Gasteiger partial charge in [0.25, 0.3) is 0 Å².